The number of halogens is 6. The lowest BCUT2D eigenvalue weighted by atomic mass is 10.1. The van der Waals surface area contributed by atoms with Gasteiger partial charge in [-0.2, -0.15) is 22.0 Å². The predicted molar refractivity (Wildman–Crippen MR) is 27.3 cm³/mol. The summed E-state index contributed by atoms with van der Waals surface area (Å²) in [5.41, 5.74) is -5.10. The summed E-state index contributed by atoms with van der Waals surface area (Å²) in [5, 5.41) is 7.57. The number of aliphatic hydroxyl groups is 1. The predicted octanol–water partition coefficient (Wildman–Crippen LogP) is 2.03. The number of rotatable bonds is 2. The first-order valence-electron chi connectivity index (χ1n) is 2.55. The van der Waals surface area contributed by atoms with E-state index >= 15 is 0 Å². The van der Waals surface area contributed by atoms with Gasteiger partial charge in [0.15, 0.2) is 0 Å². The molecule has 0 aromatic carbocycles. The second kappa shape index (κ2) is 2.65. The third-order valence-electron chi connectivity index (χ3n) is 1.13. The standard InChI is InChI=1S/C5H4F6O/c1-2-3(6,4(7,8)9)5(10,11)12/h2,12H,1H2/t3-/m0/s1. The molecule has 0 fully saturated rings. The molecule has 12 heavy (non-hydrogen) atoms. The number of alkyl halides is 6. The van der Waals surface area contributed by atoms with Gasteiger partial charge >= 0.3 is 18.0 Å². The van der Waals surface area contributed by atoms with Crippen LogP contribution in [0, 0.1) is 0 Å². The summed E-state index contributed by atoms with van der Waals surface area (Å²) in [4.78, 5) is 0. The fourth-order valence-corrected chi connectivity index (χ4v) is 0.409. The maximum absolute atomic E-state index is 12.3. The first-order valence-corrected chi connectivity index (χ1v) is 2.55. The highest BCUT2D eigenvalue weighted by atomic mass is 19.4. The molecular formula is C5H4F6O. The van der Waals surface area contributed by atoms with E-state index in [2.05, 4.69) is 6.58 Å². The minimum absolute atomic E-state index is 0.688. The van der Waals surface area contributed by atoms with Crippen LogP contribution in [0.2, 0.25) is 0 Å². The average molecular weight is 194 g/mol. The maximum atomic E-state index is 12.3. The molecule has 0 spiro atoms. The number of hydrogen-bond acceptors (Lipinski definition) is 1. The van der Waals surface area contributed by atoms with Crippen LogP contribution in [0.25, 0.3) is 0 Å². The van der Waals surface area contributed by atoms with Gasteiger partial charge in [-0.1, -0.05) is 6.58 Å². The zero-order chi connectivity index (χ0) is 10.2. The van der Waals surface area contributed by atoms with Crippen molar-refractivity contribution in [3.63, 3.8) is 0 Å². The van der Waals surface area contributed by atoms with E-state index < -0.39 is 24.0 Å². The van der Waals surface area contributed by atoms with E-state index in [9.17, 15) is 26.3 Å². The van der Waals surface area contributed by atoms with Crippen LogP contribution in [0.3, 0.4) is 0 Å². The molecule has 0 aliphatic carbocycles. The van der Waals surface area contributed by atoms with Gasteiger partial charge in [-0.3, -0.25) is 0 Å². The summed E-state index contributed by atoms with van der Waals surface area (Å²) >= 11 is 0. The van der Waals surface area contributed by atoms with Gasteiger partial charge in [0.05, 0.1) is 0 Å². The molecule has 0 aromatic rings. The molecule has 1 N–H and O–H groups in total. The highest BCUT2D eigenvalue weighted by Crippen LogP contribution is 2.44. The Hall–Kier alpha value is -0.720. The fourth-order valence-electron chi connectivity index (χ4n) is 0.409. The van der Waals surface area contributed by atoms with Crippen molar-refractivity contribution in [1.29, 1.82) is 0 Å². The summed E-state index contributed by atoms with van der Waals surface area (Å²) in [6.07, 6.45) is -12.1. The molecule has 0 heterocycles. The smallest absolute Gasteiger partial charge is 0.333 e. The first kappa shape index (κ1) is 11.3. The van der Waals surface area contributed by atoms with Gasteiger partial charge in [-0.25, -0.2) is 4.39 Å². The van der Waals surface area contributed by atoms with Crippen LogP contribution in [0.15, 0.2) is 12.7 Å². The van der Waals surface area contributed by atoms with Crippen molar-refractivity contribution in [1.82, 2.24) is 0 Å². The normalized spacial score (nSPS) is 18.6. The van der Waals surface area contributed by atoms with Gasteiger partial charge in [0.1, 0.15) is 0 Å². The van der Waals surface area contributed by atoms with Gasteiger partial charge in [0.25, 0.3) is 0 Å². The Morgan fingerprint density at radius 3 is 1.33 bits per heavy atom. The molecule has 0 saturated carbocycles. The molecule has 0 unspecified atom stereocenters. The van der Waals surface area contributed by atoms with Crippen LogP contribution in [-0.4, -0.2) is 23.1 Å². The first-order chi connectivity index (χ1) is 5.06. The molecule has 72 valence electrons. The minimum Gasteiger partial charge on any atom is -0.333 e. The van der Waals surface area contributed by atoms with Crippen molar-refractivity contribution in [2.24, 2.45) is 0 Å². The molecular weight excluding hydrogens is 190 g/mol. The van der Waals surface area contributed by atoms with Crippen molar-refractivity contribution in [3.05, 3.63) is 12.7 Å². The third-order valence-corrected chi connectivity index (χ3v) is 1.13. The minimum atomic E-state index is -5.90. The fraction of sp³-hybridized carbons (Fsp3) is 0.600. The monoisotopic (exact) mass is 194 g/mol. The van der Waals surface area contributed by atoms with Gasteiger partial charge in [-0.05, 0) is 6.08 Å². The molecule has 0 amide bonds. The molecule has 0 aromatic heterocycles. The van der Waals surface area contributed by atoms with Gasteiger partial charge in [-0.15, -0.1) is 0 Å². The molecule has 0 bridgehead atoms. The van der Waals surface area contributed by atoms with Crippen LogP contribution >= 0.6 is 0 Å². The summed E-state index contributed by atoms with van der Waals surface area (Å²) in [7, 11) is 0. The summed E-state index contributed by atoms with van der Waals surface area (Å²) < 4.78 is 70.1. The van der Waals surface area contributed by atoms with Gasteiger partial charge < -0.3 is 5.11 Å². The van der Waals surface area contributed by atoms with Gasteiger partial charge in [0.2, 0.25) is 0 Å². The Morgan fingerprint density at radius 1 is 1.00 bits per heavy atom. The quantitative estimate of drug-likeness (QED) is 0.526. The lowest BCUT2D eigenvalue weighted by Crippen LogP contribution is -2.53. The third kappa shape index (κ3) is 1.55. The second-order valence-corrected chi connectivity index (χ2v) is 1.95. The highest BCUT2D eigenvalue weighted by molar-refractivity contribution is 5.07. The topological polar surface area (TPSA) is 20.2 Å². The van der Waals surface area contributed by atoms with E-state index in [1.165, 1.54) is 0 Å². The molecule has 1 nitrogen and oxygen atoms in total. The molecule has 0 aliphatic rings. The van der Waals surface area contributed by atoms with Gasteiger partial charge in [0, 0.05) is 0 Å². The molecule has 0 aliphatic heterocycles. The lowest BCUT2D eigenvalue weighted by molar-refractivity contribution is -0.350. The summed E-state index contributed by atoms with van der Waals surface area (Å²) in [5.74, 6) is 0. The van der Waals surface area contributed by atoms with E-state index in [0.717, 1.165) is 0 Å². The molecule has 7 heteroatoms. The lowest BCUT2D eigenvalue weighted by Gasteiger charge is -2.27. The maximum Gasteiger partial charge on any atom is 0.434 e. The molecule has 0 rings (SSSR count). The SMILES string of the molecule is C=C[C@@](F)(C(O)(F)F)C(F)(F)F. The largest absolute Gasteiger partial charge is 0.434 e. The Kier molecular flexibility index (Phi) is 2.49. The van der Waals surface area contributed by atoms with Crippen LogP contribution < -0.4 is 0 Å². The van der Waals surface area contributed by atoms with Crippen molar-refractivity contribution in [2.45, 2.75) is 18.0 Å². The zero-order valence-electron chi connectivity index (χ0n) is 5.50. The van der Waals surface area contributed by atoms with E-state index in [4.69, 9.17) is 5.11 Å². The second-order valence-electron chi connectivity index (χ2n) is 1.95. The Balaban J connectivity index is 5.09. The van der Waals surface area contributed by atoms with Crippen LogP contribution in [0.5, 0.6) is 0 Å². The molecule has 0 radical (unpaired) electrons. The Bertz CT molecular complexity index is 163. The van der Waals surface area contributed by atoms with E-state index in [1.807, 2.05) is 0 Å². The Morgan fingerprint density at radius 2 is 1.33 bits per heavy atom. The number of hydrogen-bond donors (Lipinski definition) is 1. The average Bonchev–Trinajstić information content (AvgIpc) is 1.81. The molecule has 0 saturated heterocycles. The van der Waals surface area contributed by atoms with E-state index in [-0.39, 0.29) is 0 Å². The van der Waals surface area contributed by atoms with E-state index in [1.54, 1.807) is 0 Å². The highest BCUT2D eigenvalue weighted by Gasteiger charge is 2.69. The summed E-state index contributed by atoms with van der Waals surface area (Å²) in [6, 6.07) is 0. The van der Waals surface area contributed by atoms with Crippen LogP contribution in [0.1, 0.15) is 0 Å². The van der Waals surface area contributed by atoms with Crippen molar-refractivity contribution >= 4 is 0 Å². The summed E-state index contributed by atoms with van der Waals surface area (Å²) in [6.45, 7) is 2.23. The van der Waals surface area contributed by atoms with Crippen molar-refractivity contribution in [2.75, 3.05) is 0 Å². The molecule has 1 atom stereocenters. The van der Waals surface area contributed by atoms with Crippen LogP contribution in [-0.2, 0) is 0 Å². The van der Waals surface area contributed by atoms with Crippen molar-refractivity contribution in [3.8, 4) is 0 Å². The zero-order valence-corrected chi connectivity index (χ0v) is 5.50. The van der Waals surface area contributed by atoms with E-state index in [0.29, 0.717) is 0 Å². The van der Waals surface area contributed by atoms with Crippen LogP contribution in [0.4, 0.5) is 26.3 Å². The van der Waals surface area contributed by atoms with Crippen molar-refractivity contribution < 1.29 is 31.4 Å². The Labute approximate surface area is 63.3 Å².